The van der Waals surface area contributed by atoms with Crippen LogP contribution in [0.4, 0.5) is 0 Å². The third kappa shape index (κ3) is 1.61. The normalized spacial score (nSPS) is 14.4. The molecule has 1 aliphatic rings. The standard InChI is InChI=1S/C10H9ClO3/c1-6(12)7-2-8-4-13-5-14-10(8)9(11)3-7/h2-3H,4-5H2,1H3. The van der Waals surface area contributed by atoms with E-state index in [1.807, 2.05) is 0 Å². The van der Waals surface area contributed by atoms with E-state index in [2.05, 4.69) is 0 Å². The van der Waals surface area contributed by atoms with Gasteiger partial charge in [0.15, 0.2) is 12.6 Å². The lowest BCUT2D eigenvalue weighted by atomic mass is 10.1. The third-order valence-corrected chi connectivity index (χ3v) is 2.35. The highest BCUT2D eigenvalue weighted by atomic mass is 35.5. The first kappa shape index (κ1) is 9.49. The van der Waals surface area contributed by atoms with E-state index >= 15 is 0 Å². The summed E-state index contributed by atoms with van der Waals surface area (Å²) in [6.45, 7) is 2.16. The van der Waals surface area contributed by atoms with Gasteiger partial charge in [-0.3, -0.25) is 4.79 Å². The van der Waals surface area contributed by atoms with Gasteiger partial charge < -0.3 is 9.47 Å². The lowest BCUT2D eigenvalue weighted by Gasteiger charge is -2.19. The number of hydrogen-bond donors (Lipinski definition) is 0. The third-order valence-electron chi connectivity index (χ3n) is 2.07. The number of carbonyl (C=O) groups excluding carboxylic acids is 1. The summed E-state index contributed by atoms with van der Waals surface area (Å²) < 4.78 is 10.3. The summed E-state index contributed by atoms with van der Waals surface area (Å²) in [5.41, 5.74) is 1.41. The van der Waals surface area contributed by atoms with E-state index in [-0.39, 0.29) is 12.6 Å². The molecule has 0 bridgehead atoms. The first-order valence-corrected chi connectivity index (χ1v) is 4.60. The number of halogens is 1. The van der Waals surface area contributed by atoms with Gasteiger partial charge in [0.25, 0.3) is 0 Å². The molecule has 0 radical (unpaired) electrons. The molecule has 4 heteroatoms. The average Bonchev–Trinajstić information content (AvgIpc) is 2.17. The highest BCUT2D eigenvalue weighted by Crippen LogP contribution is 2.33. The maximum Gasteiger partial charge on any atom is 0.189 e. The Morgan fingerprint density at radius 3 is 3.00 bits per heavy atom. The van der Waals surface area contributed by atoms with Gasteiger partial charge in [-0.05, 0) is 19.1 Å². The first-order chi connectivity index (χ1) is 6.68. The highest BCUT2D eigenvalue weighted by Gasteiger charge is 2.16. The number of ketones is 1. The van der Waals surface area contributed by atoms with Crippen LogP contribution in [0.2, 0.25) is 5.02 Å². The maximum absolute atomic E-state index is 11.1. The average molecular weight is 213 g/mol. The van der Waals surface area contributed by atoms with Crippen LogP contribution in [0.1, 0.15) is 22.8 Å². The van der Waals surface area contributed by atoms with E-state index in [9.17, 15) is 4.79 Å². The number of fused-ring (bicyclic) bond motifs is 1. The summed E-state index contributed by atoms with van der Waals surface area (Å²) >= 11 is 5.96. The minimum absolute atomic E-state index is 0.0136. The quantitative estimate of drug-likeness (QED) is 0.671. The van der Waals surface area contributed by atoms with Gasteiger partial charge in [-0.2, -0.15) is 0 Å². The smallest absolute Gasteiger partial charge is 0.189 e. The summed E-state index contributed by atoms with van der Waals surface area (Å²) in [5, 5.41) is 0.469. The van der Waals surface area contributed by atoms with Crippen molar-refractivity contribution in [2.75, 3.05) is 6.79 Å². The van der Waals surface area contributed by atoms with Crippen LogP contribution in [-0.4, -0.2) is 12.6 Å². The summed E-state index contributed by atoms with van der Waals surface area (Å²) in [6, 6.07) is 3.37. The molecule has 1 aromatic rings. The first-order valence-electron chi connectivity index (χ1n) is 4.22. The van der Waals surface area contributed by atoms with E-state index in [1.54, 1.807) is 12.1 Å². The van der Waals surface area contributed by atoms with Crippen molar-refractivity contribution in [1.82, 2.24) is 0 Å². The van der Waals surface area contributed by atoms with E-state index in [1.165, 1.54) is 6.92 Å². The molecule has 0 spiro atoms. The van der Waals surface area contributed by atoms with Crippen LogP contribution in [0.5, 0.6) is 5.75 Å². The second-order valence-corrected chi connectivity index (χ2v) is 3.52. The highest BCUT2D eigenvalue weighted by molar-refractivity contribution is 6.32. The molecule has 0 saturated heterocycles. The molecule has 0 N–H and O–H groups in total. The predicted molar refractivity (Wildman–Crippen MR) is 51.7 cm³/mol. The van der Waals surface area contributed by atoms with Crippen molar-refractivity contribution in [3.63, 3.8) is 0 Å². The molecule has 0 fully saturated rings. The van der Waals surface area contributed by atoms with Gasteiger partial charge in [0.05, 0.1) is 11.6 Å². The maximum atomic E-state index is 11.1. The summed E-state index contributed by atoms with van der Waals surface area (Å²) in [6.07, 6.45) is 0. The molecule has 0 saturated carbocycles. The Kier molecular flexibility index (Phi) is 2.44. The van der Waals surface area contributed by atoms with E-state index < -0.39 is 0 Å². The molecule has 74 valence electrons. The molecule has 0 amide bonds. The molecular formula is C10H9ClO3. The van der Waals surface area contributed by atoms with Gasteiger partial charge in [0.2, 0.25) is 0 Å². The van der Waals surface area contributed by atoms with Crippen molar-refractivity contribution in [2.45, 2.75) is 13.5 Å². The Hall–Kier alpha value is -1.06. The molecule has 1 aromatic carbocycles. The molecule has 0 atom stereocenters. The Morgan fingerprint density at radius 1 is 1.50 bits per heavy atom. The number of ether oxygens (including phenoxy) is 2. The Bertz CT molecular complexity index is 387. The molecule has 1 aliphatic heterocycles. The van der Waals surface area contributed by atoms with E-state index in [0.29, 0.717) is 22.9 Å². The zero-order chi connectivity index (χ0) is 10.1. The van der Waals surface area contributed by atoms with Crippen molar-refractivity contribution in [3.8, 4) is 5.75 Å². The lowest BCUT2D eigenvalue weighted by Crippen LogP contribution is -2.12. The van der Waals surface area contributed by atoms with Gasteiger partial charge >= 0.3 is 0 Å². The Morgan fingerprint density at radius 2 is 2.29 bits per heavy atom. The van der Waals surface area contributed by atoms with Crippen molar-refractivity contribution >= 4 is 17.4 Å². The van der Waals surface area contributed by atoms with Crippen LogP contribution < -0.4 is 4.74 Å². The summed E-state index contributed by atoms with van der Waals surface area (Å²) in [4.78, 5) is 11.1. The molecular weight excluding hydrogens is 204 g/mol. The lowest BCUT2D eigenvalue weighted by molar-refractivity contribution is -0.0163. The van der Waals surface area contributed by atoms with Crippen LogP contribution in [0, 0.1) is 0 Å². The second kappa shape index (κ2) is 3.59. The Labute approximate surface area is 86.6 Å². The van der Waals surface area contributed by atoms with Gasteiger partial charge in [0, 0.05) is 11.1 Å². The number of Topliss-reactive ketones (excluding diaryl/α,β-unsaturated/α-hetero) is 1. The second-order valence-electron chi connectivity index (χ2n) is 3.11. The van der Waals surface area contributed by atoms with Crippen molar-refractivity contribution in [2.24, 2.45) is 0 Å². The monoisotopic (exact) mass is 212 g/mol. The van der Waals surface area contributed by atoms with Crippen molar-refractivity contribution in [1.29, 1.82) is 0 Å². The van der Waals surface area contributed by atoms with Crippen molar-refractivity contribution in [3.05, 3.63) is 28.3 Å². The minimum Gasteiger partial charge on any atom is -0.466 e. The minimum atomic E-state index is -0.0136. The van der Waals surface area contributed by atoms with Crippen LogP contribution in [0.15, 0.2) is 12.1 Å². The van der Waals surface area contributed by atoms with Gasteiger partial charge in [-0.15, -0.1) is 0 Å². The van der Waals surface area contributed by atoms with Crippen LogP contribution in [-0.2, 0) is 11.3 Å². The topological polar surface area (TPSA) is 35.5 Å². The molecule has 14 heavy (non-hydrogen) atoms. The van der Waals surface area contributed by atoms with Crippen molar-refractivity contribution < 1.29 is 14.3 Å². The van der Waals surface area contributed by atoms with E-state index in [4.69, 9.17) is 21.1 Å². The van der Waals surface area contributed by atoms with Gasteiger partial charge in [-0.1, -0.05) is 11.6 Å². The number of benzene rings is 1. The fourth-order valence-electron chi connectivity index (χ4n) is 1.37. The van der Waals surface area contributed by atoms with E-state index in [0.717, 1.165) is 5.56 Å². The van der Waals surface area contributed by atoms with Crippen LogP contribution >= 0.6 is 11.6 Å². The predicted octanol–water partition coefficient (Wildman–Crippen LogP) is 2.41. The molecule has 0 aliphatic carbocycles. The Balaban J connectivity index is 2.51. The number of hydrogen-bond acceptors (Lipinski definition) is 3. The number of carbonyl (C=O) groups is 1. The van der Waals surface area contributed by atoms with Gasteiger partial charge in [0.1, 0.15) is 5.75 Å². The van der Waals surface area contributed by atoms with Gasteiger partial charge in [-0.25, -0.2) is 0 Å². The summed E-state index contributed by atoms with van der Waals surface area (Å²) in [5.74, 6) is 0.614. The molecule has 1 heterocycles. The fraction of sp³-hybridized carbons (Fsp3) is 0.300. The van der Waals surface area contributed by atoms with Crippen LogP contribution in [0.25, 0.3) is 0 Å². The molecule has 0 aromatic heterocycles. The zero-order valence-corrected chi connectivity index (χ0v) is 8.43. The SMILES string of the molecule is CC(=O)c1cc(Cl)c2c(c1)COCO2. The summed E-state index contributed by atoms with van der Waals surface area (Å²) in [7, 11) is 0. The largest absolute Gasteiger partial charge is 0.466 e. The zero-order valence-electron chi connectivity index (χ0n) is 7.67. The van der Waals surface area contributed by atoms with Crippen LogP contribution in [0.3, 0.4) is 0 Å². The molecule has 3 nitrogen and oxygen atoms in total. The fourth-order valence-corrected chi connectivity index (χ4v) is 1.67. The molecule has 0 unspecified atom stereocenters. The molecule has 2 rings (SSSR count). The number of rotatable bonds is 1.